The SMILES string of the molecule is CC(C)CNC(=O)C=CC=CCCC#Cc1ccccc1. The van der Waals surface area contributed by atoms with Gasteiger partial charge in [-0.3, -0.25) is 4.79 Å². The second-order valence-corrected chi connectivity index (χ2v) is 5.13. The summed E-state index contributed by atoms with van der Waals surface area (Å²) in [6.07, 6.45) is 8.93. The van der Waals surface area contributed by atoms with Crippen LogP contribution in [0.1, 0.15) is 32.3 Å². The Morgan fingerprint density at radius 3 is 2.71 bits per heavy atom. The minimum atomic E-state index is -0.0442. The molecular formula is C19H23NO. The van der Waals surface area contributed by atoms with Crippen LogP contribution in [0.15, 0.2) is 54.6 Å². The minimum absolute atomic E-state index is 0.0442. The molecule has 1 N–H and O–H groups in total. The summed E-state index contributed by atoms with van der Waals surface area (Å²) in [7, 11) is 0. The van der Waals surface area contributed by atoms with E-state index in [0.29, 0.717) is 12.5 Å². The van der Waals surface area contributed by atoms with E-state index in [1.165, 1.54) is 0 Å². The second-order valence-electron chi connectivity index (χ2n) is 5.13. The van der Waals surface area contributed by atoms with Gasteiger partial charge in [0.15, 0.2) is 0 Å². The lowest BCUT2D eigenvalue weighted by Crippen LogP contribution is -2.25. The molecule has 0 aliphatic rings. The zero-order valence-electron chi connectivity index (χ0n) is 12.8. The van der Waals surface area contributed by atoms with Crippen LogP contribution in [0.25, 0.3) is 0 Å². The van der Waals surface area contributed by atoms with Crippen LogP contribution in [0.4, 0.5) is 0 Å². The highest BCUT2D eigenvalue weighted by Crippen LogP contribution is 1.96. The van der Waals surface area contributed by atoms with Gasteiger partial charge >= 0.3 is 0 Å². The molecule has 0 saturated carbocycles. The van der Waals surface area contributed by atoms with Crippen LogP contribution in [0.5, 0.6) is 0 Å². The Labute approximate surface area is 128 Å². The van der Waals surface area contributed by atoms with Crippen LogP contribution >= 0.6 is 0 Å². The van der Waals surface area contributed by atoms with E-state index in [2.05, 4.69) is 31.0 Å². The molecule has 1 aromatic rings. The zero-order valence-corrected chi connectivity index (χ0v) is 12.8. The van der Waals surface area contributed by atoms with Gasteiger partial charge < -0.3 is 5.32 Å². The fourth-order valence-electron chi connectivity index (χ4n) is 1.52. The molecule has 0 aliphatic carbocycles. The average molecular weight is 281 g/mol. The number of allylic oxidation sites excluding steroid dienone is 3. The van der Waals surface area contributed by atoms with Gasteiger partial charge in [0.2, 0.25) is 5.91 Å². The van der Waals surface area contributed by atoms with Crippen LogP contribution in [0, 0.1) is 17.8 Å². The van der Waals surface area contributed by atoms with E-state index >= 15 is 0 Å². The van der Waals surface area contributed by atoms with Crippen molar-refractivity contribution < 1.29 is 4.79 Å². The van der Waals surface area contributed by atoms with Crippen molar-refractivity contribution >= 4 is 5.91 Å². The van der Waals surface area contributed by atoms with E-state index in [4.69, 9.17) is 0 Å². The highest BCUT2D eigenvalue weighted by molar-refractivity contribution is 5.87. The third kappa shape index (κ3) is 9.29. The molecule has 2 heteroatoms. The van der Waals surface area contributed by atoms with E-state index in [9.17, 15) is 4.79 Å². The third-order valence-electron chi connectivity index (χ3n) is 2.62. The molecule has 0 saturated heterocycles. The normalized spacial score (nSPS) is 10.8. The Hall–Kier alpha value is -2.27. The van der Waals surface area contributed by atoms with E-state index in [1.54, 1.807) is 12.2 Å². The van der Waals surface area contributed by atoms with Crippen molar-refractivity contribution in [3.05, 3.63) is 60.2 Å². The predicted octanol–water partition coefficient (Wildman–Crippen LogP) is 3.70. The molecule has 1 aromatic carbocycles. The van der Waals surface area contributed by atoms with Gasteiger partial charge in [-0.25, -0.2) is 0 Å². The van der Waals surface area contributed by atoms with E-state index in [1.807, 2.05) is 42.5 Å². The van der Waals surface area contributed by atoms with Gasteiger partial charge in [-0.1, -0.05) is 62.1 Å². The summed E-state index contributed by atoms with van der Waals surface area (Å²) in [6, 6.07) is 9.96. The molecule has 21 heavy (non-hydrogen) atoms. The van der Waals surface area contributed by atoms with Crippen molar-refractivity contribution in [2.75, 3.05) is 6.54 Å². The van der Waals surface area contributed by atoms with Gasteiger partial charge in [0.05, 0.1) is 0 Å². The highest BCUT2D eigenvalue weighted by Gasteiger charge is 1.95. The number of nitrogens with one attached hydrogen (secondary N) is 1. The van der Waals surface area contributed by atoms with Gasteiger partial charge in [0, 0.05) is 24.6 Å². The number of hydrogen-bond donors (Lipinski definition) is 1. The molecule has 0 spiro atoms. The molecule has 1 amide bonds. The topological polar surface area (TPSA) is 29.1 Å². The molecule has 1 rings (SSSR count). The summed E-state index contributed by atoms with van der Waals surface area (Å²) in [4.78, 5) is 11.4. The summed E-state index contributed by atoms with van der Waals surface area (Å²) in [5.41, 5.74) is 1.04. The first kappa shape index (κ1) is 16.8. The number of hydrogen-bond acceptors (Lipinski definition) is 1. The van der Waals surface area contributed by atoms with E-state index in [-0.39, 0.29) is 5.91 Å². The van der Waals surface area contributed by atoms with Crippen molar-refractivity contribution in [1.82, 2.24) is 5.32 Å². The van der Waals surface area contributed by atoms with Crippen molar-refractivity contribution in [3.63, 3.8) is 0 Å². The van der Waals surface area contributed by atoms with Gasteiger partial charge in [0.25, 0.3) is 0 Å². The van der Waals surface area contributed by atoms with Gasteiger partial charge in [-0.05, 0) is 24.5 Å². The average Bonchev–Trinajstić information content (AvgIpc) is 2.49. The lowest BCUT2D eigenvalue weighted by Gasteiger charge is -2.03. The molecule has 110 valence electrons. The minimum Gasteiger partial charge on any atom is -0.352 e. The molecular weight excluding hydrogens is 258 g/mol. The summed E-state index contributed by atoms with van der Waals surface area (Å²) in [5.74, 6) is 6.67. The Kier molecular flexibility index (Phi) is 8.40. The maximum Gasteiger partial charge on any atom is 0.243 e. The summed E-state index contributed by atoms with van der Waals surface area (Å²) >= 11 is 0. The molecule has 0 fully saturated rings. The van der Waals surface area contributed by atoms with Gasteiger partial charge in [-0.15, -0.1) is 0 Å². The zero-order chi connectivity index (χ0) is 15.3. The number of carbonyl (C=O) groups is 1. The maximum atomic E-state index is 11.4. The number of amides is 1. The van der Waals surface area contributed by atoms with Crippen molar-refractivity contribution in [1.29, 1.82) is 0 Å². The number of benzene rings is 1. The molecule has 0 aliphatic heterocycles. The van der Waals surface area contributed by atoms with Crippen LogP contribution < -0.4 is 5.32 Å². The predicted molar refractivity (Wildman–Crippen MR) is 88.7 cm³/mol. The van der Waals surface area contributed by atoms with Crippen molar-refractivity contribution in [3.8, 4) is 11.8 Å². The molecule has 0 bridgehead atoms. The fourth-order valence-corrected chi connectivity index (χ4v) is 1.52. The Balaban J connectivity index is 2.18. The first-order valence-electron chi connectivity index (χ1n) is 7.33. The molecule has 0 unspecified atom stereocenters. The number of carbonyl (C=O) groups excluding carboxylic acids is 1. The molecule has 0 radical (unpaired) electrons. The van der Waals surface area contributed by atoms with Crippen LogP contribution in [-0.4, -0.2) is 12.5 Å². The summed E-state index contributed by atoms with van der Waals surface area (Å²) in [6.45, 7) is 4.85. The third-order valence-corrected chi connectivity index (χ3v) is 2.62. The highest BCUT2D eigenvalue weighted by atomic mass is 16.1. The van der Waals surface area contributed by atoms with Crippen LogP contribution in [0.3, 0.4) is 0 Å². The Morgan fingerprint density at radius 1 is 1.24 bits per heavy atom. The number of rotatable bonds is 6. The lowest BCUT2D eigenvalue weighted by molar-refractivity contribution is -0.116. The standard InChI is InChI=1S/C19H23NO/c1-17(2)16-20-19(21)15-11-6-4-3-5-8-12-18-13-9-7-10-14-18/h4,6-7,9-11,13-15,17H,3,5,16H2,1-2H3,(H,20,21). The monoisotopic (exact) mass is 281 g/mol. The Bertz CT molecular complexity index is 530. The molecule has 2 nitrogen and oxygen atoms in total. The van der Waals surface area contributed by atoms with Gasteiger partial charge in [-0.2, -0.15) is 0 Å². The van der Waals surface area contributed by atoms with E-state index in [0.717, 1.165) is 18.4 Å². The Morgan fingerprint density at radius 2 is 2.00 bits per heavy atom. The smallest absolute Gasteiger partial charge is 0.243 e. The maximum absolute atomic E-state index is 11.4. The fraction of sp³-hybridized carbons (Fsp3) is 0.316. The quantitative estimate of drug-likeness (QED) is 0.366. The molecule has 0 aromatic heterocycles. The lowest BCUT2D eigenvalue weighted by atomic mass is 10.2. The first-order chi connectivity index (χ1) is 10.2. The van der Waals surface area contributed by atoms with Crippen molar-refractivity contribution in [2.45, 2.75) is 26.7 Å². The molecule has 0 atom stereocenters. The van der Waals surface area contributed by atoms with Crippen LogP contribution in [0.2, 0.25) is 0 Å². The summed E-state index contributed by atoms with van der Waals surface area (Å²) in [5, 5.41) is 2.83. The number of unbranched alkanes of at least 4 members (excludes halogenated alkanes) is 1. The second kappa shape index (κ2) is 10.5. The van der Waals surface area contributed by atoms with Crippen molar-refractivity contribution in [2.24, 2.45) is 5.92 Å². The summed E-state index contributed by atoms with van der Waals surface area (Å²) < 4.78 is 0. The van der Waals surface area contributed by atoms with E-state index < -0.39 is 0 Å². The largest absolute Gasteiger partial charge is 0.352 e. The van der Waals surface area contributed by atoms with Crippen LogP contribution in [-0.2, 0) is 4.79 Å². The molecule has 0 heterocycles. The van der Waals surface area contributed by atoms with Gasteiger partial charge in [0.1, 0.15) is 0 Å². The first-order valence-corrected chi connectivity index (χ1v) is 7.33.